The fourth-order valence-electron chi connectivity index (χ4n) is 3.38. The van der Waals surface area contributed by atoms with Gasteiger partial charge in [-0.25, -0.2) is 4.79 Å². The molecule has 0 bridgehead atoms. The summed E-state index contributed by atoms with van der Waals surface area (Å²) in [6, 6.07) is 1.61. The number of hydrogen-bond donors (Lipinski definition) is 1. The van der Waals surface area contributed by atoms with Gasteiger partial charge in [0, 0.05) is 44.5 Å². The van der Waals surface area contributed by atoms with Gasteiger partial charge in [-0.2, -0.15) is 5.10 Å². The van der Waals surface area contributed by atoms with Crippen LogP contribution in [0.1, 0.15) is 34.6 Å². The van der Waals surface area contributed by atoms with E-state index >= 15 is 0 Å². The Labute approximate surface area is 152 Å². The first-order valence-corrected chi connectivity index (χ1v) is 8.88. The number of carbonyl (C=O) groups is 1. The molecule has 2 aromatic rings. The number of ether oxygens (including phenoxy) is 1. The second kappa shape index (κ2) is 6.34. The van der Waals surface area contributed by atoms with Gasteiger partial charge in [0.1, 0.15) is 11.1 Å². The number of nitrogens with one attached hydrogen (secondary N) is 1. The van der Waals surface area contributed by atoms with Crippen LogP contribution >= 0.6 is 0 Å². The van der Waals surface area contributed by atoms with Crippen molar-refractivity contribution in [3.8, 4) is 0 Å². The molecule has 0 radical (unpaired) electrons. The Morgan fingerprint density at radius 3 is 2.62 bits per heavy atom. The Kier molecular flexibility index (Phi) is 4.46. The van der Waals surface area contributed by atoms with E-state index in [0.717, 1.165) is 16.7 Å². The van der Waals surface area contributed by atoms with E-state index in [-0.39, 0.29) is 23.7 Å². The van der Waals surface area contributed by atoms with E-state index in [4.69, 9.17) is 4.74 Å². The first kappa shape index (κ1) is 18.3. The number of pyridine rings is 1. The quantitative estimate of drug-likeness (QED) is 0.841. The molecule has 0 aliphatic carbocycles. The minimum absolute atomic E-state index is 0.0331. The number of anilines is 1. The number of piperazine rings is 1. The fraction of sp³-hybridized carbons (Fsp3) is 0.611. The highest BCUT2D eigenvalue weighted by atomic mass is 16.6. The van der Waals surface area contributed by atoms with Crippen molar-refractivity contribution in [2.24, 2.45) is 7.05 Å². The van der Waals surface area contributed by atoms with Gasteiger partial charge in [0.2, 0.25) is 0 Å². The molecule has 2 atom stereocenters. The third kappa shape index (κ3) is 3.27. The number of H-pyrrole nitrogens is 1. The van der Waals surface area contributed by atoms with Crippen LogP contribution in [0, 0.1) is 0 Å². The van der Waals surface area contributed by atoms with Crippen LogP contribution in [-0.4, -0.2) is 56.5 Å². The number of aryl methyl sites for hydroxylation is 1. The second-order valence-electron chi connectivity index (χ2n) is 8.03. The van der Waals surface area contributed by atoms with Crippen molar-refractivity contribution >= 4 is 22.8 Å². The zero-order chi connectivity index (χ0) is 19.2. The topological polar surface area (TPSA) is 83.5 Å². The lowest BCUT2D eigenvalue weighted by molar-refractivity contribution is 0.0130. The summed E-state index contributed by atoms with van der Waals surface area (Å²) in [5, 5.41) is 7.17. The van der Waals surface area contributed by atoms with Crippen LogP contribution in [0.2, 0.25) is 0 Å². The molecule has 26 heavy (non-hydrogen) atoms. The maximum Gasteiger partial charge on any atom is 0.410 e. The van der Waals surface area contributed by atoms with E-state index in [0.29, 0.717) is 13.1 Å². The third-order valence-corrected chi connectivity index (χ3v) is 4.74. The molecule has 0 spiro atoms. The maximum atomic E-state index is 12.5. The van der Waals surface area contributed by atoms with Crippen molar-refractivity contribution < 1.29 is 9.53 Å². The SMILES string of the molecule is C[C@@H]1CN(c2cc(=O)n(C)c3c[nH]nc23)[C@@H](C)CN1C(=O)OC(C)(C)C. The zero-order valence-corrected chi connectivity index (χ0v) is 16.2. The number of carbonyl (C=O) groups excluding carboxylic acids is 1. The second-order valence-corrected chi connectivity index (χ2v) is 8.03. The number of fused-ring (bicyclic) bond motifs is 1. The predicted molar refractivity (Wildman–Crippen MR) is 101 cm³/mol. The summed E-state index contributed by atoms with van der Waals surface area (Å²) in [5.41, 5.74) is 1.72. The molecule has 8 heteroatoms. The highest BCUT2D eigenvalue weighted by molar-refractivity contribution is 5.88. The van der Waals surface area contributed by atoms with Crippen LogP contribution in [0.25, 0.3) is 11.0 Å². The molecule has 3 heterocycles. The van der Waals surface area contributed by atoms with Gasteiger partial charge in [-0.1, -0.05) is 0 Å². The van der Waals surface area contributed by atoms with Gasteiger partial charge in [0.05, 0.1) is 11.2 Å². The molecule has 1 fully saturated rings. The van der Waals surface area contributed by atoms with Gasteiger partial charge in [-0.15, -0.1) is 0 Å². The molecule has 0 unspecified atom stereocenters. The van der Waals surface area contributed by atoms with E-state index in [9.17, 15) is 9.59 Å². The lowest BCUT2D eigenvalue weighted by Crippen LogP contribution is -2.59. The van der Waals surface area contributed by atoms with Crippen LogP contribution in [0.5, 0.6) is 0 Å². The number of amides is 1. The molecular formula is C18H27N5O3. The van der Waals surface area contributed by atoms with Gasteiger partial charge < -0.3 is 19.1 Å². The summed E-state index contributed by atoms with van der Waals surface area (Å²) >= 11 is 0. The molecule has 1 amide bonds. The van der Waals surface area contributed by atoms with Crippen molar-refractivity contribution in [3.63, 3.8) is 0 Å². The van der Waals surface area contributed by atoms with Crippen LogP contribution in [0.3, 0.4) is 0 Å². The molecule has 1 aliphatic rings. The molecule has 8 nitrogen and oxygen atoms in total. The molecule has 3 rings (SSSR count). The van der Waals surface area contributed by atoms with Gasteiger partial charge in [-0.3, -0.25) is 9.89 Å². The van der Waals surface area contributed by atoms with Crippen molar-refractivity contribution in [2.75, 3.05) is 18.0 Å². The summed E-state index contributed by atoms with van der Waals surface area (Å²) in [7, 11) is 1.73. The molecule has 142 valence electrons. The highest BCUT2D eigenvalue weighted by Crippen LogP contribution is 2.28. The fourth-order valence-corrected chi connectivity index (χ4v) is 3.38. The summed E-state index contributed by atoms with van der Waals surface area (Å²) in [4.78, 5) is 28.7. The summed E-state index contributed by atoms with van der Waals surface area (Å²) in [6.07, 6.45) is 1.43. The smallest absolute Gasteiger partial charge is 0.410 e. The van der Waals surface area contributed by atoms with E-state index in [1.807, 2.05) is 34.6 Å². The van der Waals surface area contributed by atoms with E-state index in [1.165, 1.54) is 0 Å². The Balaban J connectivity index is 1.89. The summed E-state index contributed by atoms with van der Waals surface area (Å²) in [6.45, 7) is 10.8. The van der Waals surface area contributed by atoms with Crippen molar-refractivity contribution in [3.05, 3.63) is 22.6 Å². The average molecular weight is 361 g/mol. The minimum Gasteiger partial charge on any atom is -0.444 e. The van der Waals surface area contributed by atoms with E-state index < -0.39 is 5.60 Å². The average Bonchev–Trinajstić information content (AvgIpc) is 3.01. The largest absolute Gasteiger partial charge is 0.444 e. The molecule has 0 aromatic carbocycles. The Bertz CT molecular complexity index is 879. The monoisotopic (exact) mass is 361 g/mol. The molecule has 1 N–H and O–H groups in total. The number of rotatable bonds is 1. The molecular weight excluding hydrogens is 334 g/mol. The molecule has 0 saturated carbocycles. The zero-order valence-electron chi connectivity index (χ0n) is 16.2. The molecule has 1 saturated heterocycles. The number of nitrogens with zero attached hydrogens (tertiary/aromatic N) is 4. The van der Waals surface area contributed by atoms with Crippen LogP contribution in [0.15, 0.2) is 17.1 Å². The van der Waals surface area contributed by atoms with E-state index in [1.54, 1.807) is 28.8 Å². The van der Waals surface area contributed by atoms with Crippen LogP contribution in [-0.2, 0) is 11.8 Å². The van der Waals surface area contributed by atoms with Gasteiger partial charge >= 0.3 is 6.09 Å². The Morgan fingerprint density at radius 1 is 1.27 bits per heavy atom. The normalized spacial score (nSPS) is 21.3. The molecule has 1 aliphatic heterocycles. The number of aromatic amines is 1. The number of aromatic nitrogens is 3. The van der Waals surface area contributed by atoms with Crippen LogP contribution in [0.4, 0.5) is 10.5 Å². The summed E-state index contributed by atoms with van der Waals surface area (Å²) in [5.74, 6) is 0. The first-order chi connectivity index (χ1) is 12.1. The minimum atomic E-state index is -0.524. The first-order valence-electron chi connectivity index (χ1n) is 8.88. The molecule has 2 aromatic heterocycles. The number of hydrogen-bond acceptors (Lipinski definition) is 5. The highest BCUT2D eigenvalue weighted by Gasteiger charge is 2.35. The Morgan fingerprint density at radius 2 is 1.96 bits per heavy atom. The van der Waals surface area contributed by atoms with Gasteiger partial charge in [0.15, 0.2) is 0 Å². The van der Waals surface area contributed by atoms with Gasteiger partial charge in [0.25, 0.3) is 5.56 Å². The van der Waals surface area contributed by atoms with Crippen molar-refractivity contribution in [1.29, 1.82) is 0 Å². The summed E-state index contributed by atoms with van der Waals surface area (Å²) < 4.78 is 7.10. The lowest BCUT2D eigenvalue weighted by atomic mass is 10.1. The van der Waals surface area contributed by atoms with Crippen molar-refractivity contribution in [1.82, 2.24) is 19.7 Å². The predicted octanol–water partition coefficient (Wildman–Crippen LogP) is 2.10. The lowest BCUT2D eigenvalue weighted by Gasteiger charge is -2.45. The van der Waals surface area contributed by atoms with Gasteiger partial charge in [-0.05, 0) is 34.6 Å². The standard InChI is InChI=1S/C18H27N5O3/c1-11-10-23(17(25)26-18(3,4)5)12(2)9-22(11)13-7-15(24)21(6)14-8-19-20-16(13)14/h7-8,11-12H,9-10H2,1-6H3,(H,19,20)/t11-,12+/m0/s1. The van der Waals surface area contributed by atoms with Crippen molar-refractivity contribution in [2.45, 2.75) is 52.3 Å². The third-order valence-electron chi connectivity index (χ3n) is 4.74. The maximum absolute atomic E-state index is 12.5. The van der Waals surface area contributed by atoms with E-state index in [2.05, 4.69) is 15.1 Å². The van der Waals surface area contributed by atoms with Crippen LogP contribution < -0.4 is 10.5 Å². The Hall–Kier alpha value is -2.51.